The van der Waals surface area contributed by atoms with E-state index in [1.54, 1.807) is 25.3 Å². The molecule has 0 unspecified atom stereocenters. The van der Waals surface area contributed by atoms with Crippen LogP contribution in [0.2, 0.25) is 5.02 Å². The zero-order valence-electron chi connectivity index (χ0n) is 11.1. The zero-order chi connectivity index (χ0) is 13.8. The summed E-state index contributed by atoms with van der Waals surface area (Å²) in [5, 5.41) is 5.93. The van der Waals surface area contributed by atoms with Gasteiger partial charge in [-0.25, -0.2) is 4.79 Å². The van der Waals surface area contributed by atoms with E-state index in [1.165, 1.54) is 0 Å². The van der Waals surface area contributed by atoms with Gasteiger partial charge in [0.25, 0.3) is 0 Å². The summed E-state index contributed by atoms with van der Waals surface area (Å²) in [6.45, 7) is 6.74. The van der Waals surface area contributed by atoms with Crippen molar-refractivity contribution < 1.29 is 9.53 Å². The van der Waals surface area contributed by atoms with Crippen LogP contribution in [0.1, 0.15) is 20.8 Å². The van der Waals surface area contributed by atoms with Gasteiger partial charge in [0.15, 0.2) is 0 Å². The molecule has 5 heteroatoms. The molecular weight excluding hydrogens is 252 g/mol. The van der Waals surface area contributed by atoms with Gasteiger partial charge in [-0.15, -0.1) is 0 Å². The summed E-state index contributed by atoms with van der Waals surface area (Å²) in [6, 6.07) is 4.83. The van der Waals surface area contributed by atoms with Crippen LogP contribution in [-0.2, 0) is 0 Å². The Bertz CT molecular complexity index is 427. The average Bonchev–Trinajstić information content (AvgIpc) is 2.28. The van der Waals surface area contributed by atoms with Crippen LogP contribution in [0.25, 0.3) is 0 Å². The highest BCUT2D eigenvalue weighted by molar-refractivity contribution is 6.33. The Balaban J connectivity index is 2.59. The summed E-state index contributed by atoms with van der Waals surface area (Å²) in [4.78, 5) is 11.7. The molecule has 0 atom stereocenters. The highest BCUT2D eigenvalue weighted by atomic mass is 35.5. The lowest BCUT2D eigenvalue weighted by Crippen LogP contribution is -2.35. The Morgan fingerprint density at radius 2 is 2.06 bits per heavy atom. The number of benzene rings is 1. The molecule has 2 N–H and O–H groups in total. The van der Waals surface area contributed by atoms with E-state index in [-0.39, 0.29) is 11.4 Å². The van der Waals surface area contributed by atoms with Gasteiger partial charge in [-0.3, -0.25) is 0 Å². The number of rotatable bonds is 3. The van der Waals surface area contributed by atoms with Crippen LogP contribution in [0.5, 0.6) is 5.75 Å². The van der Waals surface area contributed by atoms with Crippen molar-refractivity contribution in [2.45, 2.75) is 20.8 Å². The first-order valence-electron chi connectivity index (χ1n) is 5.70. The van der Waals surface area contributed by atoms with Crippen LogP contribution in [-0.4, -0.2) is 19.7 Å². The summed E-state index contributed by atoms with van der Waals surface area (Å²) in [5.41, 5.74) is 0.602. The highest BCUT2D eigenvalue weighted by Gasteiger charge is 2.12. The number of methoxy groups -OCH3 is 1. The first-order chi connectivity index (χ1) is 8.31. The molecule has 1 aromatic rings. The Labute approximate surface area is 113 Å². The minimum atomic E-state index is -0.267. The number of urea groups is 1. The van der Waals surface area contributed by atoms with Crippen molar-refractivity contribution in [3.05, 3.63) is 23.2 Å². The van der Waals surface area contributed by atoms with Gasteiger partial charge in [-0.1, -0.05) is 32.4 Å². The predicted molar refractivity (Wildman–Crippen MR) is 74.5 cm³/mol. The van der Waals surface area contributed by atoms with Crippen molar-refractivity contribution in [1.29, 1.82) is 0 Å². The average molecular weight is 271 g/mol. The minimum Gasteiger partial charge on any atom is -0.497 e. The third kappa shape index (κ3) is 4.84. The van der Waals surface area contributed by atoms with E-state index in [1.807, 2.05) is 20.8 Å². The maximum atomic E-state index is 11.7. The van der Waals surface area contributed by atoms with Crippen molar-refractivity contribution in [3.8, 4) is 5.75 Å². The summed E-state index contributed by atoms with van der Waals surface area (Å²) < 4.78 is 5.03. The fraction of sp³-hybridized carbons (Fsp3) is 0.462. The van der Waals surface area contributed by atoms with Crippen LogP contribution >= 0.6 is 11.6 Å². The zero-order valence-corrected chi connectivity index (χ0v) is 11.9. The van der Waals surface area contributed by atoms with Gasteiger partial charge in [-0.2, -0.15) is 0 Å². The molecule has 18 heavy (non-hydrogen) atoms. The number of carbonyl (C=O) groups is 1. The molecule has 4 nitrogen and oxygen atoms in total. The van der Waals surface area contributed by atoms with Crippen molar-refractivity contribution in [2.24, 2.45) is 5.41 Å². The lowest BCUT2D eigenvalue weighted by atomic mass is 9.97. The van der Waals surface area contributed by atoms with Gasteiger partial charge >= 0.3 is 6.03 Å². The smallest absolute Gasteiger partial charge is 0.319 e. The number of carbonyl (C=O) groups excluding carboxylic acids is 1. The fourth-order valence-electron chi connectivity index (χ4n) is 1.24. The number of hydrogen-bond acceptors (Lipinski definition) is 2. The molecule has 0 aromatic heterocycles. The molecule has 0 aliphatic rings. The Morgan fingerprint density at radius 1 is 1.39 bits per heavy atom. The molecule has 0 radical (unpaired) electrons. The van der Waals surface area contributed by atoms with Crippen LogP contribution < -0.4 is 15.4 Å². The lowest BCUT2D eigenvalue weighted by molar-refractivity contribution is 0.247. The van der Waals surface area contributed by atoms with Crippen molar-refractivity contribution in [3.63, 3.8) is 0 Å². The minimum absolute atomic E-state index is 0.0427. The molecule has 0 spiro atoms. The van der Waals surface area contributed by atoms with E-state index in [0.717, 1.165) is 0 Å². The summed E-state index contributed by atoms with van der Waals surface area (Å²) in [5.74, 6) is 0.653. The summed E-state index contributed by atoms with van der Waals surface area (Å²) in [7, 11) is 1.56. The monoisotopic (exact) mass is 270 g/mol. The van der Waals surface area contributed by atoms with Gasteiger partial charge in [-0.05, 0) is 17.5 Å². The van der Waals surface area contributed by atoms with Crippen LogP contribution in [0.3, 0.4) is 0 Å². The van der Waals surface area contributed by atoms with E-state index < -0.39 is 0 Å². The molecule has 1 rings (SSSR count). The first kappa shape index (κ1) is 14.6. The largest absolute Gasteiger partial charge is 0.497 e. The predicted octanol–water partition coefficient (Wildman–Crippen LogP) is 3.52. The molecular formula is C13H19ClN2O2. The van der Waals surface area contributed by atoms with Gasteiger partial charge in [0, 0.05) is 12.6 Å². The molecule has 100 valence electrons. The van der Waals surface area contributed by atoms with Gasteiger partial charge in [0.1, 0.15) is 5.75 Å². The van der Waals surface area contributed by atoms with E-state index in [2.05, 4.69) is 10.6 Å². The lowest BCUT2D eigenvalue weighted by Gasteiger charge is -2.19. The maximum Gasteiger partial charge on any atom is 0.319 e. The third-order valence-corrected chi connectivity index (χ3v) is 2.52. The quantitative estimate of drug-likeness (QED) is 0.883. The normalized spacial score (nSPS) is 10.9. The molecule has 0 heterocycles. The van der Waals surface area contributed by atoms with Gasteiger partial charge in [0.05, 0.1) is 17.8 Å². The highest BCUT2D eigenvalue weighted by Crippen LogP contribution is 2.26. The van der Waals surface area contributed by atoms with Crippen molar-refractivity contribution >= 4 is 23.3 Å². The molecule has 0 saturated carbocycles. The molecule has 0 aliphatic heterocycles. The van der Waals surface area contributed by atoms with Crippen LogP contribution in [0.4, 0.5) is 10.5 Å². The molecule has 0 bridgehead atoms. The fourth-order valence-corrected chi connectivity index (χ4v) is 1.45. The molecule has 0 fully saturated rings. The maximum absolute atomic E-state index is 11.7. The van der Waals surface area contributed by atoms with Gasteiger partial charge in [0.2, 0.25) is 0 Å². The standard InChI is InChI=1S/C13H19ClN2O2/c1-13(2,3)8-15-12(17)16-11-6-5-9(18-4)7-10(11)14/h5-7H,8H2,1-4H3,(H2,15,16,17). The Kier molecular flexibility index (Phi) is 4.84. The van der Waals surface area contributed by atoms with E-state index in [0.29, 0.717) is 23.0 Å². The van der Waals surface area contributed by atoms with Crippen molar-refractivity contribution in [2.75, 3.05) is 19.0 Å². The van der Waals surface area contributed by atoms with Gasteiger partial charge < -0.3 is 15.4 Å². The van der Waals surface area contributed by atoms with Crippen LogP contribution in [0, 0.1) is 5.41 Å². The number of ether oxygens (including phenoxy) is 1. The second kappa shape index (κ2) is 5.96. The number of anilines is 1. The summed E-state index contributed by atoms with van der Waals surface area (Å²) in [6.07, 6.45) is 0. The summed E-state index contributed by atoms with van der Waals surface area (Å²) >= 11 is 6.02. The Hall–Kier alpha value is -1.42. The van der Waals surface area contributed by atoms with Crippen molar-refractivity contribution in [1.82, 2.24) is 5.32 Å². The SMILES string of the molecule is COc1ccc(NC(=O)NCC(C)(C)C)c(Cl)c1. The third-order valence-electron chi connectivity index (χ3n) is 2.20. The van der Waals surface area contributed by atoms with E-state index >= 15 is 0 Å². The van der Waals surface area contributed by atoms with E-state index in [4.69, 9.17) is 16.3 Å². The molecule has 2 amide bonds. The molecule has 0 saturated heterocycles. The molecule has 0 aliphatic carbocycles. The number of hydrogen-bond donors (Lipinski definition) is 2. The Morgan fingerprint density at radius 3 is 2.56 bits per heavy atom. The number of amides is 2. The first-order valence-corrected chi connectivity index (χ1v) is 6.08. The van der Waals surface area contributed by atoms with Crippen LogP contribution in [0.15, 0.2) is 18.2 Å². The number of nitrogens with one attached hydrogen (secondary N) is 2. The number of halogens is 1. The topological polar surface area (TPSA) is 50.4 Å². The molecule has 1 aromatic carbocycles. The van der Waals surface area contributed by atoms with E-state index in [9.17, 15) is 4.79 Å². The second-order valence-corrected chi connectivity index (χ2v) is 5.62. The second-order valence-electron chi connectivity index (χ2n) is 5.21.